The number of rotatable bonds is 5. The lowest BCUT2D eigenvalue weighted by molar-refractivity contribution is -0.122. The van der Waals surface area contributed by atoms with Gasteiger partial charge in [0.2, 0.25) is 5.91 Å². The van der Waals surface area contributed by atoms with E-state index in [1.54, 1.807) is 11.3 Å². The molecule has 0 radical (unpaired) electrons. The van der Waals surface area contributed by atoms with Crippen LogP contribution in [0.1, 0.15) is 44.6 Å². The summed E-state index contributed by atoms with van der Waals surface area (Å²) >= 11 is 1.58. The molecule has 1 N–H and O–H groups in total. The molecule has 4 heteroatoms. The molecule has 3 rings (SSSR count). The van der Waals surface area contributed by atoms with Crippen LogP contribution in [0.2, 0.25) is 0 Å². The van der Waals surface area contributed by atoms with E-state index in [0.29, 0.717) is 0 Å². The molecular formula is C16H20N2OS. The van der Waals surface area contributed by atoms with Crippen LogP contribution >= 0.6 is 11.3 Å². The number of nitrogens with one attached hydrogen (secondary N) is 1. The van der Waals surface area contributed by atoms with E-state index in [0.717, 1.165) is 29.9 Å². The average molecular weight is 288 g/mol. The molecule has 0 spiro atoms. The Labute approximate surface area is 123 Å². The molecular weight excluding hydrogens is 268 g/mol. The highest BCUT2D eigenvalue weighted by molar-refractivity contribution is 7.22. The van der Waals surface area contributed by atoms with Gasteiger partial charge in [-0.2, -0.15) is 0 Å². The molecule has 1 aromatic heterocycles. The fraction of sp³-hybridized carbons (Fsp3) is 0.500. The zero-order valence-corrected chi connectivity index (χ0v) is 12.6. The zero-order valence-electron chi connectivity index (χ0n) is 11.8. The van der Waals surface area contributed by atoms with Crippen LogP contribution in [-0.4, -0.2) is 10.9 Å². The summed E-state index contributed by atoms with van der Waals surface area (Å²) in [5.41, 5.74) is 2.35. The molecule has 1 aliphatic carbocycles. The highest BCUT2D eigenvalue weighted by atomic mass is 32.1. The Morgan fingerprint density at radius 3 is 3.00 bits per heavy atom. The van der Waals surface area contributed by atoms with E-state index in [9.17, 15) is 4.79 Å². The number of anilines is 1. The van der Waals surface area contributed by atoms with Gasteiger partial charge in [-0.3, -0.25) is 4.79 Å². The number of benzene rings is 1. The number of nitrogens with zero attached hydrogens (tertiary/aromatic N) is 1. The monoisotopic (exact) mass is 288 g/mol. The smallest absolute Gasteiger partial charge is 0.229 e. The van der Waals surface area contributed by atoms with Crippen molar-refractivity contribution in [2.24, 2.45) is 5.92 Å². The Balaban J connectivity index is 1.74. The van der Waals surface area contributed by atoms with Crippen molar-refractivity contribution in [3.63, 3.8) is 0 Å². The molecule has 3 nitrogen and oxygen atoms in total. The second kappa shape index (κ2) is 5.92. The van der Waals surface area contributed by atoms with Crippen molar-refractivity contribution < 1.29 is 4.79 Å². The summed E-state index contributed by atoms with van der Waals surface area (Å²) in [5.74, 6) is 0.351. The zero-order chi connectivity index (χ0) is 13.9. The van der Waals surface area contributed by atoms with E-state index in [4.69, 9.17) is 0 Å². The lowest BCUT2D eigenvalue weighted by atomic mass is 9.85. The third-order valence-electron chi connectivity index (χ3n) is 3.98. The van der Waals surface area contributed by atoms with Crippen LogP contribution in [0.3, 0.4) is 0 Å². The van der Waals surface area contributed by atoms with E-state index < -0.39 is 0 Å². The summed E-state index contributed by atoms with van der Waals surface area (Å²) in [6.45, 7) is 2.21. The minimum absolute atomic E-state index is 0.140. The summed E-state index contributed by atoms with van der Waals surface area (Å²) in [6.07, 6.45) is 6.78. The van der Waals surface area contributed by atoms with Crippen molar-refractivity contribution >= 4 is 32.6 Å². The van der Waals surface area contributed by atoms with Crippen LogP contribution in [0, 0.1) is 5.92 Å². The molecule has 0 saturated heterocycles. The highest BCUT2D eigenvalue weighted by Gasteiger charge is 2.25. The molecule has 106 valence electrons. The maximum absolute atomic E-state index is 11.9. The van der Waals surface area contributed by atoms with Gasteiger partial charge in [0.1, 0.15) is 0 Å². The second-order valence-electron chi connectivity index (χ2n) is 5.54. The fourth-order valence-corrected chi connectivity index (χ4v) is 3.37. The van der Waals surface area contributed by atoms with E-state index >= 15 is 0 Å². The third kappa shape index (κ3) is 2.85. The molecule has 1 aliphatic rings. The van der Waals surface area contributed by atoms with Crippen molar-refractivity contribution in [1.82, 2.24) is 4.98 Å². The fourth-order valence-electron chi connectivity index (χ4n) is 2.44. The number of unbranched alkanes of at least 4 members (excludes halogenated alkanes) is 1. The van der Waals surface area contributed by atoms with Gasteiger partial charge in [0.15, 0.2) is 5.13 Å². The van der Waals surface area contributed by atoms with Gasteiger partial charge in [0.05, 0.1) is 10.2 Å². The average Bonchev–Trinajstić information content (AvgIpc) is 2.75. The van der Waals surface area contributed by atoms with Crippen LogP contribution in [0.5, 0.6) is 0 Å². The van der Waals surface area contributed by atoms with E-state index in [1.165, 1.54) is 29.5 Å². The van der Waals surface area contributed by atoms with Crippen LogP contribution in [-0.2, 0) is 11.2 Å². The van der Waals surface area contributed by atoms with Crippen LogP contribution in [0.15, 0.2) is 18.2 Å². The van der Waals surface area contributed by atoms with Crippen molar-refractivity contribution in [3.8, 4) is 0 Å². The molecule has 1 aromatic carbocycles. The lowest BCUT2D eigenvalue weighted by Gasteiger charge is -2.23. The number of carbonyl (C=O) groups is 1. The van der Waals surface area contributed by atoms with Gasteiger partial charge in [-0.15, -0.1) is 0 Å². The van der Waals surface area contributed by atoms with Crippen molar-refractivity contribution in [3.05, 3.63) is 23.8 Å². The van der Waals surface area contributed by atoms with Gasteiger partial charge in [-0.1, -0.05) is 37.2 Å². The van der Waals surface area contributed by atoms with Gasteiger partial charge in [0, 0.05) is 5.92 Å². The largest absolute Gasteiger partial charge is 0.302 e. The Bertz CT molecular complexity index is 616. The number of aromatic nitrogens is 1. The molecule has 1 heterocycles. The van der Waals surface area contributed by atoms with Crippen molar-refractivity contribution in [1.29, 1.82) is 0 Å². The van der Waals surface area contributed by atoms with Crippen LogP contribution < -0.4 is 5.32 Å². The number of aryl methyl sites for hydroxylation is 1. The van der Waals surface area contributed by atoms with E-state index in [1.807, 2.05) is 0 Å². The first-order chi connectivity index (χ1) is 9.76. The molecule has 1 saturated carbocycles. The van der Waals surface area contributed by atoms with Crippen LogP contribution in [0.4, 0.5) is 5.13 Å². The second-order valence-corrected chi connectivity index (χ2v) is 6.57. The maximum Gasteiger partial charge on any atom is 0.229 e. The van der Waals surface area contributed by atoms with Crippen molar-refractivity contribution in [2.45, 2.75) is 45.4 Å². The molecule has 0 bridgehead atoms. The summed E-state index contributed by atoms with van der Waals surface area (Å²) in [4.78, 5) is 16.4. The third-order valence-corrected chi connectivity index (χ3v) is 4.91. The first kappa shape index (κ1) is 13.6. The Hall–Kier alpha value is -1.42. The van der Waals surface area contributed by atoms with Gasteiger partial charge >= 0.3 is 0 Å². The summed E-state index contributed by atoms with van der Waals surface area (Å²) in [5, 5.41) is 3.70. The van der Waals surface area contributed by atoms with E-state index in [-0.39, 0.29) is 11.8 Å². The number of fused-ring (bicyclic) bond motifs is 1. The van der Waals surface area contributed by atoms with Gasteiger partial charge in [-0.05, 0) is 43.4 Å². The minimum Gasteiger partial charge on any atom is -0.302 e. The number of carbonyl (C=O) groups excluding carboxylic acids is 1. The van der Waals surface area contributed by atoms with Gasteiger partial charge in [0.25, 0.3) is 0 Å². The molecule has 0 atom stereocenters. The first-order valence-electron chi connectivity index (χ1n) is 7.46. The van der Waals surface area contributed by atoms with Gasteiger partial charge in [-0.25, -0.2) is 4.98 Å². The Morgan fingerprint density at radius 1 is 1.45 bits per heavy atom. The van der Waals surface area contributed by atoms with Crippen LogP contribution in [0.25, 0.3) is 10.2 Å². The van der Waals surface area contributed by atoms with Gasteiger partial charge < -0.3 is 5.32 Å². The SMILES string of the molecule is CCCCc1ccc2nc(NC(=O)C3CCC3)sc2c1. The molecule has 1 fully saturated rings. The maximum atomic E-state index is 11.9. The minimum atomic E-state index is 0.140. The topological polar surface area (TPSA) is 42.0 Å². The standard InChI is InChI=1S/C16H20N2OS/c1-2-3-5-11-8-9-13-14(10-11)20-16(17-13)18-15(19)12-6-4-7-12/h8-10,12H,2-7H2,1H3,(H,17,18,19). The lowest BCUT2D eigenvalue weighted by Crippen LogP contribution is -2.27. The normalized spacial score (nSPS) is 15.2. The number of hydrogen-bond donors (Lipinski definition) is 1. The molecule has 1 amide bonds. The molecule has 2 aromatic rings. The van der Waals surface area contributed by atoms with Crippen molar-refractivity contribution in [2.75, 3.05) is 5.32 Å². The summed E-state index contributed by atoms with van der Waals surface area (Å²) < 4.78 is 1.17. The predicted octanol–water partition coefficient (Wildman–Crippen LogP) is 4.38. The quantitative estimate of drug-likeness (QED) is 0.887. The number of hydrogen-bond acceptors (Lipinski definition) is 3. The Morgan fingerprint density at radius 2 is 2.30 bits per heavy atom. The molecule has 0 aliphatic heterocycles. The summed E-state index contributed by atoms with van der Waals surface area (Å²) in [7, 11) is 0. The highest BCUT2D eigenvalue weighted by Crippen LogP contribution is 2.31. The molecule has 0 unspecified atom stereocenters. The predicted molar refractivity (Wildman–Crippen MR) is 84.2 cm³/mol. The number of thiazole rings is 1. The first-order valence-corrected chi connectivity index (χ1v) is 8.28. The Kier molecular flexibility index (Phi) is 4.01. The molecule has 20 heavy (non-hydrogen) atoms. The summed E-state index contributed by atoms with van der Waals surface area (Å²) in [6, 6.07) is 6.42. The number of amides is 1. The van der Waals surface area contributed by atoms with E-state index in [2.05, 4.69) is 35.4 Å².